The molecule has 4 nitrogen and oxygen atoms in total. The maximum absolute atomic E-state index is 12.7. The van der Waals surface area contributed by atoms with Gasteiger partial charge in [0.1, 0.15) is 11.9 Å². The molecule has 5 rings (SSSR count). The van der Waals surface area contributed by atoms with Gasteiger partial charge in [0.05, 0.1) is 11.7 Å². The van der Waals surface area contributed by atoms with Crippen LogP contribution in [0, 0.1) is 52.3 Å². The van der Waals surface area contributed by atoms with Crippen LogP contribution in [0.2, 0.25) is 0 Å². The van der Waals surface area contributed by atoms with Crippen molar-refractivity contribution in [3.05, 3.63) is 35.9 Å². The molecule has 1 N–H and O–H groups in total. The van der Waals surface area contributed by atoms with Gasteiger partial charge in [0, 0.05) is 12.8 Å². The van der Waals surface area contributed by atoms with Crippen LogP contribution in [-0.4, -0.2) is 29.1 Å². The monoisotopic (exact) mass is 522 g/mol. The highest BCUT2D eigenvalue weighted by molar-refractivity contribution is 5.89. The molecule has 0 spiro atoms. The van der Waals surface area contributed by atoms with Crippen molar-refractivity contribution >= 4 is 11.8 Å². The number of fused-ring (bicyclic) bond motifs is 5. The van der Waals surface area contributed by atoms with Crippen LogP contribution in [0.3, 0.4) is 0 Å². The minimum Gasteiger partial charge on any atom is -0.459 e. The highest BCUT2D eigenvalue weighted by atomic mass is 16.5. The van der Waals surface area contributed by atoms with Gasteiger partial charge >= 0.3 is 5.97 Å². The first-order valence-corrected chi connectivity index (χ1v) is 15.5. The Morgan fingerprint density at radius 1 is 1.00 bits per heavy atom. The summed E-state index contributed by atoms with van der Waals surface area (Å²) < 4.78 is 6.00. The highest BCUT2D eigenvalue weighted by Gasteiger charge is 2.62. The number of Topliss-reactive ketones (excluding diaryl/α,β-unsaturated/α-hetero) is 1. The van der Waals surface area contributed by atoms with Crippen molar-refractivity contribution in [2.24, 2.45) is 52.3 Å². The van der Waals surface area contributed by atoms with Crippen LogP contribution >= 0.6 is 0 Å². The molecule has 0 aromatic heterocycles. The summed E-state index contributed by atoms with van der Waals surface area (Å²) in [6, 6.07) is 9.33. The van der Waals surface area contributed by atoms with Crippen LogP contribution in [0.4, 0.5) is 0 Å². The molecular weight excluding hydrogens is 472 g/mol. The Hall–Kier alpha value is -1.68. The van der Waals surface area contributed by atoms with E-state index in [0.29, 0.717) is 53.3 Å². The number of rotatable bonds is 7. The molecule has 4 heteroatoms. The number of ketones is 1. The van der Waals surface area contributed by atoms with Crippen molar-refractivity contribution in [1.82, 2.24) is 0 Å². The summed E-state index contributed by atoms with van der Waals surface area (Å²) in [7, 11) is 0. The van der Waals surface area contributed by atoms with Crippen LogP contribution in [0.1, 0.15) is 109 Å². The Morgan fingerprint density at radius 3 is 2.42 bits per heavy atom. The summed E-state index contributed by atoms with van der Waals surface area (Å²) in [6.45, 7) is 11.7. The van der Waals surface area contributed by atoms with Gasteiger partial charge < -0.3 is 9.84 Å². The summed E-state index contributed by atoms with van der Waals surface area (Å²) in [5.74, 6) is 3.57. The molecule has 1 aromatic carbocycles. The normalized spacial score (nSPS) is 40.1. The molecule has 1 aromatic rings. The molecule has 4 aliphatic rings. The lowest BCUT2D eigenvalue weighted by Crippen LogP contribution is -2.58. The van der Waals surface area contributed by atoms with E-state index in [9.17, 15) is 14.7 Å². The topological polar surface area (TPSA) is 63.6 Å². The van der Waals surface area contributed by atoms with Gasteiger partial charge in [-0.1, -0.05) is 52.8 Å². The Kier molecular flexibility index (Phi) is 7.86. The minimum atomic E-state index is -0.259. The van der Waals surface area contributed by atoms with E-state index in [1.54, 1.807) is 0 Å². The van der Waals surface area contributed by atoms with Crippen LogP contribution < -0.4 is 0 Å². The van der Waals surface area contributed by atoms with E-state index in [2.05, 4.69) is 34.6 Å². The molecule has 0 bridgehead atoms. The molecule has 0 heterocycles. The fourth-order valence-corrected chi connectivity index (χ4v) is 9.92. The molecule has 0 amide bonds. The van der Waals surface area contributed by atoms with Crippen molar-refractivity contribution < 1.29 is 19.4 Å². The Labute approximate surface area is 230 Å². The average Bonchev–Trinajstić information content (AvgIpc) is 3.24. The van der Waals surface area contributed by atoms with E-state index in [-0.39, 0.29) is 34.9 Å². The number of hydrogen-bond donors (Lipinski definition) is 1. The first-order chi connectivity index (χ1) is 18.0. The fraction of sp³-hybridized carbons (Fsp3) is 0.765. The lowest BCUT2D eigenvalue weighted by molar-refractivity contribution is -0.169. The van der Waals surface area contributed by atoms with Gasteiger partial charge in [-0.3, -0.25) is 4.79 Å². The zero-order valence-corrected chi connectivity index (χ0v) is 24.3. The first-order valence-electron chi connectivity index (χ1n) is 15.5. The maximum atomic E-state index is 12.7. The summed E-state index contributed by atoms with van der Waals surface area (Å²) >= 11 is 0. The molecule has 4 fully saturated rings. The number of carbonyl (C=O) groups is 2. The number of esters is 1. The Balaban J connectivity index is 1.25. The number of benzene rings is 1. The van der Waals surface area contributed by atoms with Crippen molar-refractivity contribution in [2.45, 2.75) is 111 Å². The number of hydrogen-bond acceptors (Lipinski definition) is 4. The fourth-order valence-electron chi connectivity index (χ4n) is 9.92. The van der Waals surface area contributed by atoms with E-state index < -0.39 is 0 Å². The van der Waals surface area contributed by atoms with E-state index in [1.165, 1.54) is 25.7 Å². The Morgan fingerprint density at radius 2 is 1.71 bits per heavy atom. The SMILES string of the molecule is CC(C)C(CC[C@@H](C)[C@H]1CC[C@H]2[C@@H]3C(O)CC4CC(=O)CC[C@]4(C)[C@H]3CC[C@]12C)OC(=O)c1ccccc1. The second kappa shape index (κ2) is 10.7. The number of carbonyl (C=O) groups excluding carboxylic acids is 2. The number of aliphatic hydroxyl groups is 1. The van der Waals surface area contributed by atoms with Gasteiger partial charge in [-0.2, -0.15) is 0 Å². The van der Waals surface area contributed by atoms with Crippen LogP contribution in [0.15, 0.2) is 30.3 Å². The van der Waals surface area contributed by atoms with Gasteiger partial charge in [0.25, 0.3) is 0 Å². The minimum absolute atomic E-state index is 0.0723. The third kappa shape index (κ3) is 4.88. The van der Waals surface area contributed by atoms with E-state index in [1.807, 2.05) is 30.3 Å². The summed E-state index contributed by atoms with van der Waals surface area (Å²) in [6.07, 6.45) is 9.80. The van der Waals surface area contributed by atoms with Gasteiger partial charge in [-0.25, -0.2) is 4.79 Å². The third-order valence-electron chi connectivity index (χ3n) is 12.2. The molecule has 4 aliphatic carbocycles. The predicted molar refractivity (Wildman–Crippen MR) is 150 cm³/mol. The van der Waals surface area contributed by atoms with Crippen LogP contribution in [0.5, 0.6) is 0 Å². The summed E-state index contributed by atoms with van der Waals surface area (Å²) in [4.78, 5) is 25.0. The van der Waals surface area contributed by atoms with Gasteiger partial charge in [-0.05, 0) is 116 Å². The van der Waals surface area contributed by atoms with Crippen molar-refractivity contribution in [3.8, 4) is 0 Å². The molecule has 0 aliphatic heterocycles. The molecule has 38 heavy (non-hydrogen) atoms. The smallest absolute Gasteiger partial charge is 0.338 e. The quantitative estimate of drug-likeness (QED) is 0.377. The van der Waals surface area contributed by atoms with E-state index >= 15 is 0 Å². The zero-order valence-electron chi connectivity index (χ0n) is 24.3. The molecule has 3 unspecified atom stereocenters. The van der Waals surface area contributed by atoms with Gasteiger partial charge in [-0.15, -0.1) is 0 Å². The Bertz CT molecular complexity index is 1000. The van der Waals surface area contributed by atoms with Crippen molar-refractivity contribution in [3.63, 3.8) is 0 Å². The maximum Gasteiger partial charge on any atom is 0.338 e. The molecule has 210 valence electrons. The summed E-state index contributed by atoms with van der Waals surface area (Å²) in [5, 5.41) is 11.5. The number of ether oxygens (including phenoxy) is 1. The largest absolute Gasteiger partial charge is 0.459 e. The van der Waals surface area contributed by atoms with Crippen molar-refractivity contribution in [1.29, 1.82) is 0 Å². The third-order valence-corrected chi connectivity index (χ3v) is 12.2. The van der Waals surface area contributed by atoms with Gasteiger partial charge in [0.15, 0.2) is 0 Å². The molecule has 0 radical (unpaired) electrons. The molecule has 4 saturated carbocycles. The van der Waals surface area contributed by atoms with Crippen molar-refractivity contribution in [2.75, 3.05) is 0 Å². The van der Waals surface area contributed by atoms with Crippen LogP contribution in [0.25, 0.3) is 0 Å². The zero-order chi connectivity index (χ0) is 27.2. The highest BCUT2D eigenvalue weighted by Crippen LogP contribution is 2.68. The number of aliphatic hydroxyl groups excluding tert-OH is 1. The molecular formula is C34H50O4. The lowest BCUT2D eigenvalue weighted by atomic mass is 9.44. The van der Waals surface area contributed by atoms with Crippen LogP contribution in [-0.2, 0) is 9.53 Å². The summed E-state index contributed by atoms with van der Waals surface area (Å²) in [5.41, 5.74) is 1.11. The van der Waals surface area contributed by atoms with E-state index in [4.69, 9.17) is 4.74 Å². The first kappa shape index (κ1) is 27.9. The molecule has 0 saturated heterocycles. The predicted octanol–water partition coefficient (Wildman–Crippen LogP) is 7.48. The average molecular weight is 523 g/mol. The lowest BCUT2D eigenvalue weighted by Gasteiger charge is -2.62. The molecule has 10 atom stereocenters. The second-order valence-electron chi connectivity index (χ2n) is 14.4. The standard InChI is InChI=1S/C34H50O4/c1-21(2)30(38-32(37)23-9-7-6-8-10-23)14-11-22(3)26-12-13-27-31-28(16-18-34(26,27)5)33(4)17-15-25(35)19-24(33)20-29(31)36/h6-10,21-22,24,26-31,36H,11-20H2,1-5H3/t22-,24?,26-,27+,28+,29?,30?,31+,33+,34-/m1/s1. The second-order valence-corrected chi connectivity index (χ2v) is 14.4. The van der Waals surface area contributed by atoms with E-state index in [0.717, 1.165) is 32.1 Å². The van der Waals surface area contributed by atoms with Gasteiger partial charge in [0.2, 0.25) is 0 Å².